The highest BCUT2D eigenvalue weighted by molar-refractivity contribution is 5.81. The van der Waals surface area contributed by atoms with Gasteiger partial charge in [0.2, 0.25) is 0 Å². The summed E-state index contributed by atoms with van der Waals surface area (Å²) in [5.74, 6) is 0.207. The average Bonchev–Trinajstić information content (AvgIpc) is 2.17. The van der Waals surface area contributed by atoms with Crippen molar-refractivity contribution in [3.63, 3.8) is 0 Å². The van der Waals surface area contributed by atoms with Gasteiger partial charge in [0, 0.05) is 6.08 Å². The maximum atomic E-state index is 10.8. The molecule has 0 aliphatic heterocycles. The second-order valence-corrected chi connectivity index (χ2v) is 3.25. The molecule has 0 saturated carbocycles. The Labute approximate surface area is 81.0 Å². The Morgan fingerprint density at radius 3 is 2.69 bits per heavy atom. The molecule has 0 aromatic carbocycles. The van der Waals surface area contributed by atoms with E-state index >= 15 is 0 Å². The Balaban J connectivity index is 3.58. The van der Waals surface area contributed by atoms with E-state index in [-0.39, 0.29) is 5.97 Å². The third-order valence-electron chi connectivity index (χ3n) is 2.17. The van der Waals surface area contributed by atoms with Crippen LogP contribution in [0, 0.1) is 5.92 Å². The van der Waals surface area contributed by atoms with Crippen LogP contribution in [0.4, 0.5) is 0 Å². The molecule has 0 N–H and O–H groups in total. The van der Waals surface area contributed by atoms with Crippen LogP contribution in [0.15, 0.2) is 12.7 Å². The maximum Gasteiger partial charge on any atom is 0.330 e. The van der Waals surface area contributed by atoms with Gasteiger partial charge in [0.1, 0.15) is 0 Å². The first-order valence-electron chi connectivity index (χ1n) is 5.03. The van der Waals surface area contributed by atoms with Crippen LogP contribution in [0.5, 0.6) is 0 Å². The summed E-state index contributed by atoms with van der Waals surface area (Å²) in [6.45, 7) is 8.19. The summed E-state index contributed by atoms with van der Waals surface area (Å²) in [4.78, 5) is 10.8. The van der Waals surface area contributed by atoms with Crippen LogP contribution in [0.3, 0.4) is 0 Å². The summed E-state index contributed by atoms with van der Waals surface area (Å²) in [7, 11) is 0. The lowest BCUT2D eigenvalue weighted by Gasteiger charge is -2.13. The van der Waals surface area contributed by atoms with Gasteiger partial charge in [-0.05, 0) is 12.3 Å². The molecule has 0 unspecified atom stereocenters. The molecule has 2 nitrogen and oxygen atoms in total. The van der Waals surface area contributed by atoms with Gasteiger partial charge in [-0.25, -0.2) is 4.79 Å². The van der Waals surface area contributed by atoms with Gasteiger partial charge in [-0.1, -0.05) is 39.7 Å². The molecule has 2 heteroatoms. The molecule has 0 heterocycles. The van der Waals surface area contributed by atoms with Crippen molar-refractivity contribution in [2.45, 2.75) is 39.5 Å². The molecule has 76 valence electrons. The molecule has 0 amide bonds. The van der Waals surface area contributed by atoms with E-state index in [1.165, 1.54) is 18.9 Å². The van der Waals surface area contributed by atoms with Crippen molar-refractivity contribution in [3.05, 3.63) is 12.7 Å². The number of hydrogen-bond donors (Lipinski definition) is 0. The summed E-state index contributed by atoms with van der Waals surface area (Å²) in [5.41, 5.74) is 0. The maximum absolute atomic E-state index is 10.8. The van der Waals surface area contributed by atoms with Crippen LogP contribution in [0.2, 0.25) is 0 Å². The molecule has 0 saturated heterocycles. The van der Waals surface area contributed by atoms with Crippen LogP contribution in [-0.4, -0.2) is 12.6 Å². The van der Waals surface area contributed by atoms with Gasteiger partial charge in [0.15, 0.2) is 0 Å². The fourth-order valence-corrected chi connectivity index (χ4v) is 1.16. The second kappa shape index (κ2) is 7.84. The van der Waals surface area contributed by atoms with E-state index in [2.05, 4.69) is 20.4 Å². The number of carbonyl (C=O) groups excluding carboxylic acids is 1. The number of carbonyl (C=O) groups is 1. The van der Waals surface area contributed by atoms with Crippen molar-refractivity contribution in [2.75, 3.05) is 6.61 Å². The van der Waals surface area contributed by atoms with Crippen molar-refractivity contribution < 1.29 is 9.53 Å². The van der Waals surface area contributed by atoms with E-state index in [9.17, 15) is 4.79 Å². The minimum absolute atomic E-state index is 0.310. The molecule has 0 aliphatic rings. The van der Waals surface area contributed by atoms with Crippen molar-refractivity contribution in [1.82, 2.24) is 0 Å². The number of ether oxygens (including phenoxy) is 1. The fourth-order valence-electron chi connectivity index (χ4n) is 1.16. The zero-order valence-electron chi connectivity index (χ0n) is 8.71. The summed E-state index contributed by atoms with van der Waals surface area (Å²) in [5, 5.41) is 0. The molecule has 1 atom stereocenters. The molecule has 0 spiro atoms. The van der Waals surface area contributed by atoms with Crippen molar-refractivity contribution in [3.8, 4) is 0 Å². The lowest BCUT2D eigenvalue weighted by Crippen LogP contribution is -2.12. The summed E-state index contributed by atoms with van der Waals surface area (Å²) >= 11 is 0. The van der Waals surface area contributed by atoms with E-state index in [1.54, 1.807) is 0 Å². The molecular formula is C11H20O2. The predicted octanol–water partition coefficient (Wildman–Crippen LogP) is 2.93. The number of esters is 1. The molecule has 0 bridgehead atoms. The summed E-state index contributed by atoms with van der Waals surface area (Å²) < 4.78 is 4.98. The molecule has 0 aromatic heterocycles. The highest BCUT2D eigenvalue weighted by Gasteiger charge is 2.07. The normalized spacial score (nSPS) is 12.2. The van der Waals surface area contributed by atoms with Crippen LogP contribution >= 0.6 is 0 Å². The number of hydrogen-bond acceptors (Lipinski definition) is 2. The van der Waals surface area contributed by atoms with Crippen molar-refractivity contribution in [2.24, 2.45) is 5.92 Å². The largest absolute Gasteiger partial charge is 0.462 e. The molecule has 0 aliphatic carbocycles. The molecule has 0 aromatic rings. The zero-order chi connectivity index (χ0) is 10.1. The van der Waals surface area contributed by atoms with Crippen LogP contribution in [0.25, 0.3) is 0 Å². The van der Waals surface area contributed by atoms with Crippen LogP contribution in [-0.2, 0) is 9.53 Å². The van der Waals surface area contributed by atoms with Gasteiger partial charge in [0.05, 0.1) is 6.61 Å². The Bertz CT molecular complexity index is 152. The average molecular weight is 184 g/mol. The van der Waals surface area contributed by atoms with Gasteiger partial charge < -0.3 is 4.74 Å². The van der Waals surface area contributed by atoms with E-state index in [0.717, 1.165) is 12.8 Å². The van der Waals surface area contributed by atoms with Crippen molar-refractivity contribution in [1.29, 1.82) is 0 Å². The highest BCUT2D eigenvalue weighted by Crippen LogP contribution is 2.12. The quantitative estimate of drug-likeness (QED) is 0.449. The first-order chi connectivity index (χ1) is 6.24. The van der Waals surface area contributed by atoms with Crippen LogP contribution < -0.4 is 0 Å². The SMILES string of the molecule is C=CC(=O)OC[C@H](CC)CCCC. The lowest BCUT2D eigenvalue weighted by atomic mass is 10.0. The molecule has 0 rings (SSSR count). The summed E-state index contributed by atoms with van der Waals surface area (Å²) in [6, 6.07) is 0. The van der Waals surface area contributed by atoms with Crippen molar-refractivity contribution >= 4 is 5.97 Å². The second-order valence-electron chi connectivity index (χ2n) is 3.25. The molecule has 13 heavy (non-hydrogen) atoms. The highest BCUT2D eigenvalue weighted by atomic mass is 16.5. The van der Waals surface area contributed by atoms with Gasteiger partial charge in [-0.3, -0.25) is 0 Å². The predicted molar refractivity (Wildman–Crippen MR) is 54.5 cm³/mol. The lowest BCUT2D eigenvalue weighted by molar-refractivity contribution is -0.139. The van der Waals surface area contributed by atoms with Gasteiger partial charge in [-0.15, -0.1) is 0 Å². The van der Waals surface area contributed by atoms with Crippen LogP contribution in [0.1, 0.15) is 39.5 Å². The van der Waals surface area contributed by atoms with Gasteiger partial charge in [0.25, 0.3) is 0 Å². The Morgan fingerprint density at radius 2 is 2.23 bits per heavy atom. The monoisotopic (exact) mass is 184 g/mol. The van der Waals surface area contributed by atoms with E-state index in [4.69, 9.17) is 4.74 Å². The molecular weight excluding hydrogens is 164 g/mol. The molecule has 0 radical (unpaired) electrons. The molecule has 0 fully saturated rings. The topological polar surface area (TPSA) is 26.3 Å². The zero-order valence-corrected chi connectivity index (χ0v) is 8.71. The standard InChI is InChI=1S/C11H20O2/c1-4-7-8-10(5-2)9-13-11(12)6-3/h6,10H,3-5,7-9H2,1-2H3/t10-/m1/s1. The minimum Gasteiger partial charge on any atom is -0.462 e. The summed E-state index contributed by atoms with van der Waals surface area (Å²) in [6.07, 6.45) is 5.85. The van der Waals surface area contributed by atoms with E-state index < -0.39 is 0 Å². The minimum atomic E-state index is -0.310. The van der Waals surface area contributed by atoms with E-state index in [0.29, 0.717) is 12.5 Å². The smallest absolute Gasteiger partial charge is 0.330 e. The Kier molecular flexibility index (Phi) is 7.36. The van der Waals surface area contributed by atoms with Gasteiger partial charge in [-0.2, -0.15) is 0 Å². The van der Waals surface area contributed by atoms with E-state index in [1.807, 2.05) is 0 Å². The number of rotatable bonds is 7. The first-order valence-corrected chi connectivity index (χ1v) is 5.03. The van der Waals surface area contributed by atoms with Gasteiger partial charge >= 0.3 is 5.97 Å². The Hall–Kier alpha value is -0.790. The Morgan fingerprint density at radius 1 is 1.54 bits per heavy atom. The third-order valence-corrected chi connectivity index (χ3v) is 2.17. The fraction of sp³-hybridized carbons (Fsp3) is 0.727. The first kappa shape index (κ1) is 12.2. The third kappa shape index (κ3) is 6.38. The number of unbranched alkanes of at least 4 members (excludes halogenated alkanes) is 1.